The van der Waals surface area contributed by atoms with E-state index < -0.39 is 39.0 Å². The number of aliphatic hydroxyl groups is 2. The summed E-state index contributed by atoms with van der Waals surface area (Å²) < 4.78 is 36.4. The highest BCUT2D eigenvalue weighted by Gasteiger charge is 2.33. The third-order valence-corrected chi connectivity index (χ3v) is 5.63. The molecule has 0 aromatic carbocycles. The van der Waals surface area contributed by atoms with Gasteiger partial charge in [-0.2, -0.15) is 5.90 Å². The first-order chi connectivity index (χ1) is 12.5. The van der Waals surface area contributed by atoms with Gasteiger partial charge in [-0.3, -0.25) is 9.05 Å². The van der Waals surface area contributed by atoms with E-state index in [1.807, 2.05) is 0 Å². The summed E-state index contributed by atoms with van der Waals surface area (Å²) in [6, 6.07) is 0. The molecule has 0 aromatic heterocycles. The topological polar surface area (TPSA) is 204 Å². The molecule has 0 aliphatic rings. The summed E-state index contributed by atoms with van der Waals surface area (Å²) in [4.78, 5) is 22.1. The van der Waals surface area contributed by atoms with E-state index in [1.165, 1.54) is 13.8 Å². The van der Waals surface area contributed by atoms with Crippen molar-refractivity contribution in [1.82, 2.24) is 0 Å². The van der Waals surface area contributed by atoms with Gasteiger partial charge in [-0.1, -0.05) is 0 Å². The summed E-state index contributed by atoms with van der Waals surface area (Å²) in [5.41, 5.74) is 2.91. The molecule has 0 rings (SSSR count). The minimum atomic E-state index is -4.47. The molecule has 170 valence electrons. The SMILES string of the molecule is CC(C)(CCC(O)CCC(O)CCC(C)(C)OP(=O)(O)OON)OP(N)(=O)O. The zero-order valence-corrected chi connectivity index (χ0v) is 18.5. The fourth-order valence-corrected chi connectivity index (χ4v) is 4.18. The second-order valence-electron chi connectivity index (χ2n) is 7.87. The highest BCUT2D eigenvalue weighted by atomic mass is 31.2. The molecule has 0 saturated carbocycles. The average molecular weight is 452 g/mol. The first-order valence-corrected chi connectivity index (χ1v) is 11.9. The Balaban J connectivity index is 4.25. The molecule has 0 amide bonds. The second-order valence-corrected chi connectivity index (χ2v) is 10.4. The third kappa shape index (κ3) is 15.0. The Labute approximate surface area is 165 Å². The highest BCUT2D eigenvalue weighted by molar-refractivity contribution is 7.50. The molecule has 8 N–H and O–H groups in total. The Hall–Kier alpha value is 0.0600. The van der Waals surface area contributed by atoms with Gasteiger partial charge >= 0.3 is 15.6 Å². The van der Waals surface area contributed by atoms with Crippen molar-refractivity contribution in [3.8, 4) is 0 Å². The maximum absolute atomic E-state index is 11.5. The van der Waals surface area contributed by atoms with E-state index in [-0.39, 0.29) is 19.3 Å². The predicted molar refractivity (Wildman–Crippen MR) is 100 cm³/mol. The van der Waals surface area contributed by atoms with E-state index in [0.717, 1.165) is 0 Å². The summed E-state index contributed by atoms with van der Waals surface area (Å²) in [5, 5.41) is 20.1. The van der Waals surface area contributed by atoms with Crippen molar-refractivity contribution in [2.45, 2.75) is 89.6 Å². The molecule has 4 unspecified atom stereocenters. The van der Waals surface area contributed by atoms with Gasteiger partial charge < -0.3 is 20.0 Å². The molecule has 0 spiro atoms. The number of nitrogens with two attached hydrogens (primary N) is 2. The van der Waals surface area contributed by atoms with E-state index in [9.17, 15) is 24.2 Å². The normalized spacial score (nSPS) is 19.6. The van der Waals surface area contributed by atoms with Crippen LogP contribution in [0.5, 0.6) is 0 Å². The Kier molecular flexibility index (Phi) is 11.5. The van der Waals surface area contributed by atoms with E-state index in [0.29, 0.717) is 19.3 Å². The fraction of sp³-hybridized carbons (Fsp3) is 1.00. The van der Waals surface area contributed by atoms with Gasteiger partial charge in [0.25, 0.3) is 0 Å². The van der Waals surface area contributed by atoms with Gasteiger partial charge in [0, 0.05) is 0 Å². The van der Waals surface area contributed by atoms with E-state index >= 15 is 0 Å². The number of hydrogen-bond donors (Lipinski definition) is 6. The third-order valence-electron chi connectivity index (χ3n) is 3.87. The van der Waals surface area contributed by atoms with Crippen LogP contribution in [0.2, 0.25) is 0 Å². The molecule has 0 bridgehead atoms. The molecule has 28 heavy (non-hydrogen) atoms. The van der Waals surface area contributed by atoms with Gasteiger partial charge in [0.2, 0.25) is 0 Å². The van der Waals surface area contributed by atoms with E-state index in [4.69, 9.17) is 19.4 Å². The van der Waals surface area contributed by atoms with E-state index in [2.05, 4.69) is 15.6 Å². The van der Waals surface area contributed by atoms with Gasteiger partial charge in [0.05, 0.1) is 23.4 Å². The Morgan fingerprint density at radius 1 is 0.857 bits per heavy atom. The quantitative estimate of drug-likeness (QED) is 0.119. The number of phosphoric acid groups is 1. The minimum Gasteiger partial charge on any atom is -0.393 e. The first kappa shape index (κ1) is 28.1. The lowest BCUT2D eigenvalue weighted by atomic mass is 9.95. The van der Waals surface area contributed by atoms with E-state index in [1.54, 1.807) is 13.8 Å². The van der Waals surface area contributed by atoms with Crippen molar-refractivity contribution in [1.29, 1.82) is 0 Å². The minimum absolute atomic E-state index is 0.228. The lowest BCUT2D eigenvalue weighted by Crippen LogP contribution is -2.27. The summed E-state index contributed by atoms with van der Waals surface area (Å²) >= 11 is 0. The maximum Gasteiger partial charge on any atom is 0.501 e. The number of phosphoric ester groups is 1. The van der Waals surface area contributed by atoms with Gasteiger partial charge in [0.15, 0.2) is 0 Å². The number of hydrogen-bond acceptors (Lipinski definition) is 9. The molecular formula is C14H34N2O10P2. The van der Waals surface area contributed by atoms with Crippen molar-refractivity contribution in [2.24, 2.45) is 11.4 Å². The Bertz CT molecular complexity index is 554. The Morgan fingerprint density at radius 2 is 1.25 bits per heavy atom. The van der Waals surface area contributed by atoms with Gasteiger partial charge in [-0.05, 0) is 66.2 Å². The molecule has 4 atom stereocenters. The van der Waals surface area contributed by atoms with Crippen LogP contribution >= 0.6 is 15.6 Å². The highest BCUT2D eigenvalue weighted by Crippen LogP contribution is 2.48. The van der Waals surface area contributed by atoms with Crippen LogP contribution in [0.15, 0.2) is 0 Å². The van der Waals surface area contributed by atoms with Gasteiger partial charge in [0.1, 0.15) is 0 Å². The molecule has 0 fully saturated rings. The molecule has 0 aromatic rings. The number of aliphatic hydroxyl groups excluding tert-OH is 2. The predicted octanol–water partition coefficient (Wildman–Crippen LogP) is 1.62. The molecule has 14 heteroatoms. The second kappa shape index (κ2) is 11.5. The lowest BCUT2D eigenvalue weighted by Gasteiger charge is -2.28. The largest absolute Gasteiger partial charge is 0.501 e. The van der Waals surface area contributed by atoms with Gasteiger partial charge in [-0.25, -0.2) is 14.6 Å². The molecule has 0 saturated heterocycles. The van der Waals surface area contributed by atoms with Crippen molar-refractivity contribution >= 4 is 15.6 Å². The number of rotatable bonds is 15. The summed E-state index contributed by atoms with van der Waals surface area (Å²) in [5.74, 6) is 4.57. The summed E-state index contributed by atoms with van der Waals surface area (Å²) in [7, 11) is -8.59. The van der Waals surface area contributed by atoms with Crippen LogP contribution in [0.25, 0.3) is 0 Å². The molecule has 0 aliphatic heterocycles. The molecule has 12 nitrogen and oxygen atoms in total. The van der Waals surface area contributed by atoms with Crippen LogP contribution in [0.4, 0.5) is 0 Å². The molecule has 0 aliphatic carbocycles. The fourth-order valence-electron chi connectivity index (χ4n) is 2.53. The average Bonchev–Trinajstić information content (AvgIpc) is 2.45. The van der Waals surface area contributed by atoms with Crippen LogP contribution in [0, 0.1) is 0 Å². The van der Waals surface area contributed by atoms with Crippen molar-refractivity contribution in [3.63, 3.8) is 0 Å². The lowest BCUT2D eigenvalue weighted by molar-refractivity contribution is -0.233. The summed E-state index contributed by atoms with van der Waals surface area (Å²) in [6.45, 7) is 6.25. The smallest absolute Gasteiger partial charge is 0.393 e. The first-order valence-electron chi connectivity index (χ1n) is 8.74. The zero-order chi connectivity index (χ0) is 22.2. The standard InChI is InChI=1S/C14H34N2O10P2/c1-13(2,23-27(16,19)20)9-7-11(17)5-6-12(18)8-10-14(3,4)24-28(21,22)26-25-15/h11-12,17-18H,5-10,15H2,1-4H3,(H,21,22)(H3,16,19,20). The van der Waals surface area contributed by atoms with Crippen LogP contribution in [-0.4, -0.2) is 43.4 Å². The van der Waals surface area contributed by atoms with Crippen LogP contribution < -0.4 is 11.4 Å². The van der Waals surface area contributed by atoms with Crippen molar-refractivity contribution in [2.75, 3.05) is 0 Å². The van der Waals surface area contributed by atoms with Crippen LogP contribution in [0.3, 0.4) is 0 Å². The van der Waals surface area contributed by atoms with Crippen molar-refractivity contribution in [3.05, 3.63) is 0 Å². The van der Waals surface area contributed by atoms with Crippen LogP contribution in [0.1, 0.15) is 66.2 Å². The molecule has 0 heterocycles. The molecular weight excluding hydrogens is 418 g/mol. The Morgan fingerprint density at radius 3 is 1.61 bits per heavy atom. The zero-order valence-electron chi connectivity index (χ0n) is 16.7. The molecule has 0 radical (unpaired) electrons. The summed E-state index contributed by atoms with van der Waals surface area (Å²) in [6.07, 6.45) is 0.122. The van der Waals surface area contributed by atoms with Crippen LogP contribution in [-0.2, 0) is 27.8 Å². The van der Waals surface area contributed by atoms with Crippen molar-refractivity contribution < 1.29 is 47.8 Å². The maximum atomic E-state index is 11.5. The van der Waals surface area contributed by atoms with Gasteiger partial charge in [-0.15, -0.1) is 9.66 Å². The monoisotopic (exact) mass is 452 g/mol.